The molecule has 6 nitrogen and oxygen atoms in total. The predicted molar refractivity (Wildman–Crippen MR) is 70.2 cm³/mol. The number of nitrogens with zero attached hydrogens (tertiary/aromatic N) is 3. The summed E-state index contributed by atoms with van der Waals surface area (Å²) in [5, 5.41) is 3.07. The molecule has 1 aliphatic rings. The van der Waals surface area contributed by atoms with Crippen LogP contribution < -0.4 is 5.32 Å². The Bertz CT molecular complexity index is 423. The molecule has 0 aliphatic carbocycles. The summed E-state index contributed by atoms with van der Waals surface area (Å²) >= 11 is 3.26. The van der Waals surface area contributed by atoms with E-state index in [9.17, 15) is 4.79 Å². The smallest absolute Gasteiger partial charge is 0.244 e. The first kappa shape index (κ1) is 13.2. The third-order valence-corrected chi connectivity index (χ3v) is 3.12. The van der Waals surface area contributed by atoms with Crippen LogP contribution in [0.5, 0.6) is 0 Å². The SMILES string of the molecule is CC(Nc1cc(Br)ncn1)C(=O)N1CCOCC1. The average Bonchev–Trinajstić information content (AvgIpc) is 2.39. The molecule has 0 saturated carbocycles. The van der Waals surface area contributed by atoms with Gasteiger partial charge in [-0.1, -0.05) is 0 Å². The van der Waals surface area contributed by atoms with Crippen LogP contribution in [0.2, 0.25) is 0 Å². The van der Waals surface area contributed by atoms with Gasteiger partial charge < -0.3 is 15.0 Å². The van der Waals surface area contributed by atoms with Crippen molar-refractivity contribution in [2.45, 2.75) is 13.0 Å². The Morgan fingerprint density at radius 2 is 2.22 bits per heavy atom. The van der Waals surface area contributed by atoms with Crippen molar-refractivity contribution >= 4 is 27.7 Å². The predicted octanol–water partition coefficient (Wildman–Crippen LogP) is 0.898. The number of carbonyl (C=O) groups excluding carboxylic acids is 1. The van der Waals surface area contributed by atoms with Gasteiger partial charge in [0.05, 0.1) is 13.2 Å². The molecule has 1 saturated heterocycles. The molecule has 1 unspecified atom stereocenters. The maximum Gasteiger partial charge on any atom is 0.244 e. The topological polar surface area (TPSA) is 67.4 Å². The lowest BCUT2D eigenvalue weighted by atomic mass is 10.2. The van der Waals surface area contributed by atoms with Crippen molar-refractivity contribution in [3.05, 3.63) is 17.0 Å². The van der Waals surface area contributed by atoms with E-state index in [0.29, 0.717) is 36.7 Å². The van der Waals surface area contributed by atoms with Gasteiger partial charge in [0, 0.05) is 19.2 Å². The zero-order valence-corrected chi connectivity index (χ0v) is 11.7. The first-order valence-electron chi connectivity index (χ1n) is 5.77. The van der Waals surface area contributed by atoms with Gasteiger partial charge in [-0.3, -0.25) is 4.79 Å². The number of anilines is 1. The molecule has 0 radical (unpaired) electrons. The van der Waals surface area contributed by atoms with Gasteiger partial charge in [-0.25, -0.2) is 9.97 Å². The van der Waals surface area contributed by atoms with Gasteiger partial charge in [0.2, 0.25) is 5.91 Å². The van der Waals surface area contributed by atoms with E-state index in [2.05, 4.69) is 31.2 Å². The van der Waals surface area contributed by atoms with Gasteiger partial charge >= 0.3 is 0 Å². The molecular formula is C11H15BrN4O2. The third kappa shape index (κ3) is 3.39. The number of rotatable bonds is 3. The van der Waals surface area contributed by atoms with Crippen LogP contribution in [0.1, 0.15) is 6.92 Å². The number of carbonyl (C=O) groups is 1. The Hall–Kier alpha value is -1.21. The molecule has 0 aromatic carbocycles. The van der Waals surface area contributed by atoms with Crippen LogP contribution in [-0.2, 0) is 9.53 Å². The number of amides is 1. The number of nitrogens with one attached hydrogen (secondary N) is 1. The molecule has 0 spiro atoms. The molecule has 98 valence electrons. The van der Waals surface area contributed by atoms with Gasteiger partial charge in [0.25, 0.3) is 0 Å². The summed E-state index contributed by atoms with van der Waals surface area (Å²) in [6.45, 7) is 4.35. The fourth-order valence-corrected chi connectivity index (χ4v) is 2.06. The van der Waals surface area contributed by atoms with Gasteiger partial charge in [0.1, 0.15) is 22.8 Å². The van der Waals surface area contributed by atoms with Crippen LogP contribution in [0.15, 0.2) is 17.0 Å². The van der Waals surface area contributed by atoms with Crippen LogP contribution in [0.25, 0.3) is 0 Å². The monoisotopic (exact) mass is 314 g/mol. The molecular weight excluding hydrogens is 300 g/mol. The normalized spacial score (nSPS) is 17.3. The lowest BCUT2D eigenvalue weighted by Gasteiger charge is -2.29. The van der Waals surface area contributed by atoms with Crippen molar-refractivity contribution in [1.29, 1.82) is 0 Å². The number of hydrogen-bond acceptors (Lipinski definition) is 5. The molecule has 2 rings (SSSR count). The summed E-state index contributed by atoms with van der Waals surface area (Å²) in [5.74, 6) is 0.694. The second kappa shape index (κ2) is 6.10. The van der Waals surface area contributed by atoms with Crippen molar-refractivity contribution < 1.29 is 9.53 Å². The van der Waals surface area contributed by atoms with Crippen LogP contribution in [0.4, 0.5) is 5.82 Å². The summed E-state index contributed by atoms with van der Waals surface area (Å²) in [4.78, 5) is 21.9. The lowest BCUT2D eigenvalue weighted by Crippen LogP contribution is -2.47. The number of halogens is 1. The van der Waals surface area contributed by atoms with E-state index < -0.39 is 0 Å². The van der Waals surface area contributed by atoms with Crippen LogP contribution in [-0.4, -0.2) is 53.1 Å². The van der Waals surface area contributed by atoms with E-state index in [4.69, 9.17) is 4.74 Å². The Balaban J connectivity index is 1.94. The van der Waals surface area contributed by atoms with Gasteiger partial charge in [-0.2, -0.15) is 0 Å². The summed E-state index contributed by atoms with van der Waals surface area (Å²) in [6.07, 6.45) is 1.44. The van der Waals surface area contributed by atoms with Gasteiger partial charge in [0.15, 0.2) is 0 Å². The first-order chi connectivity index (χ1) is 8.66. The largest absolute Gasteiger partial charge is 0.378 e. The van der Waals surface area contributed by atoms with Crippen molar-refractivity contribution in [3.63, 3.8) is 0 Å². The van der Waals surface area contributed by atoms with Crippen molar-refractivity contribution in [3.8, 4) is 0 Å². The molecule has 1 N–H and O–H groups in total. The van der Waals surface area contributed by atoms with E-state index in [0.717, 1.165) is 0 Å². The van der Waals surface area contributed by atoms with Crippen LogP contribution in [0, 0.1) is 0 Å². The van der Waals surface area contributed by atoms with Gasteiger partial charge in [-0.15, -0.1) is 0 Å². The number of morpholine rings is 1. The van der Waals surface area contributed by atoms with E-state index in [1.165, 1.54) is 6.33 Å². The maximum atomic E-state index is 12.1. The highest BCUT2D eigenvalue weighted by Crippen LogP contribution is 2.11. The minimum Gasteiger partial charge on any atom is -0.378 e. The summed E-state index contributed by atoms with van der Waals surface area (Å²) in [7, 11) is 0. The molecule has 18 heavy (non-hydrogen) atoms. The highest BCUT2D eigenvalue weighted by molar-refractivity contribution is 9.10. The zero-order chi connectivity index (χ0) is 13.0. The minimum atomic E-state index is -0.315. The second-order valence-corrected chi connectivity index (χ2v) is 4.84. The summed E-state index contributed by atoms with van der Waals surface area (Å²) < 4.78 is 5.91. The molecule has 2 heterocycles. The molecule has 7 heteroatoms. The number of hydrogen-bond donors (Lipinski definition) is 1. The lowest BCUT2D eigenvalue weighted by molar-refractivity contribution is -0.135. The molecule has 1 aromatic heterocycles. The highest BCUT2D eigenvalue weighted by atomic mass is 79.9. The molecule has 0 bridgehead atoms. The zero-order valence-electron chi connectivity index (χ0n) is 10.1. The molecule has 1 aliphatic heterocycles. The maximum absolute atomic E-state index is 12.1. The quantitative estimate of drug-likeness (QED) is 0.840. The van der Waals surface area contributed by atoms with Crippen molar-refractivity contribution in [2.75, 3.05) is 31.6 Å². The van der Waals surface area contributed by atoms with Gasteiger partial charge in [-0.05, 0) is 22.9 Å². The van der Waals surface area contributed by atoms with E-state index >= 15 is 0 Å². The molecule has 1 amide bonds. The Kier molecular flexibility index (Phi) is 4.48. The van der Waals surface area contributed by atoms with Crippen molar-refractivity contribution in [2.24, 2.45) is 0 Å². The van der Waals surface area contributed by atoms with E-state index in [1.54, 1.807) is 11.0 Å². The summed E-state index contributed by atoms with van der Waals surface area (Å²) in [6, 6.07) is 1.42. The second-order valence-electron chi connectivity index (χ2n) is 4.03. The van der Waals surface area contributed by atoms with Crippen molar-refractivity contribution in [1.82, 2.24) is 14.9 Å². The fraction of sp³-hybridized carbons (Fsp3) is 0.545. The fourth-order valence-electron chi connectivity index (χ4n) is 1.75. The minimum absolute atomic E-state index is 0.0630. The third-order valence-electron chi connectivity index (χ3n) is 2.69. The molecule has 1 fully saturated rings. The highest BCUT2D eigenvalue weighted by Gasteiger charge is 2.22. The standard InChI is InChI=1S/C11H15BrN4O2/c1-8(11(17)16-2-4-18-5-3-16)15-10-6-9(12)13-7-14-10/h6-8H,2-5H2,1H3,(H,13,14,15). The Morgan fingerprint density at radius 3 is 2.89 bits per heavy atom. The number of aromatic nitrogens is 2. The summed E-state index contributed by atoms with van der Waals surface area (Å²) in [5.41, 5.74) is 0. The number of ether oxygens (including phenoxy) is 1. The van der Waals surface area contributed by atoms with Crippen LogP contribution >= 0.6 is 15.9 Å². The Morgan fingerprint density at radius 1 is 1.50 bits per heavy atom. The average molecular weight is 315 g/mol. The van der Waals surface area contributed by atoms with E-state index in [1.807, 2.05) is 6.92 Å². The molecule has 1 aromatic rings. The van der Waals surface area contributed by atoms with E-state index in [-0.39, 0.29) is 11.9 Å². The molecule has 1 atom stereocenters. The first-order valence-corrected chi connectivity index (χ1v) is 6.57. The Labute approximate surface area is 114 Å². The van der Waals surface area contributed by atoms with Crippen LogP contribution in [0.3, 0.4) is 0 Å².